The van der Waals surface area contributed by atoms with Gasteiger partial charge >= 0.3 is 0 Å². The van der Waals surface area contributed by atoms with E-state index >= 15 is 0 Å². The van der Waals surface area contributed by atoms with Crippen molar-refractivity contribution in [3.05, 3.63) is 89.0 Å². The molecule has 0 aromatic heterocycles. The van der Waals surface area contributed by atoms with Crippen molar-refractivity contribution in [2.75, 3.05) is 21.3 Å². The molecule has 1 N–H and O–H groups in total. The Kier molecular flexibility index (Phi) is 6.96. The van der Waals surface area contributed by atoms with E-state index in [1.165, 1.54) is 0 Å². The normalized spacial score (nSPS) is 11.5. The van der Waals surface area contributed by atoms with Gasteiger partial charge in [0.15, 0.2) is 0 Å². The zero-order valence-electron chi connectivity index (χ0n) is 17.8. The molecule has 5 nitrogen and oxygen atoms in total. The van der Waals surface area contributed by atoms with Crippen LogP contribution in [0.15, 0.2) is 66.7 Å². The molecule has 0 bridgehead atoms. The van der Waals surface area contributed by atoms with E-state index in [4.69, 9.17) is 14.2 Å². The summed E-state index contributed by atoms with van der Waals surface area (Å²) in [5.74, 6) is 2.19. The first-order valence-corrected chi connectivity index (χ1v) is 9.76. The molecule has 156 valence electrons. The molecule has 0 spiro atoms. The molecule has 3 aromatic rings. The fourth-order valence-corrected chi connectivity index (χ4v) is 3.34. The minimum atomic E-state index is -0.196. The second-order valence-electron chi connectivity index (χ2n) is 7.03. The largest absolute Gasteiger partial charge is 0.497 e. The Bertz CT molecular complexity index is 981. The van der Waals surface area contributed by atoms with Gasteiger partial charge < -0.3 is 19.5 Å². The van der Waals surface area contributed by atoms with Crippen molar-refractivity contribution in [1.29, 1.82) is 0 Å². The van der Waals surface area contributed by atoms with Gasteiger partial charge in [0, 0.05) is 5.56 Å². The van der Waals surface area contributed by atoms with Crippen molar-refractivity contribution in [2.24, 2.45) is 0 Å². The summed E-state index contributed by atoms with van der Waals surface area (Å²) in [6.45, 7) is 1.91. The van der Waals surface area contributed by atoms with Crippen LogP contribution in [0.3, 0.4) is 0 Å². The van der Waals surface area contributed by atoms with Gasteiger partial charge in [-0.15, -0.1) is 0 Å². The molecule has 1 amide bonds. The molecule has 0 aliphatic heterocycles. The topological polar surface area (TPSA) is 56.8 Å². The maximum atomic E-state index is 13.1. The fourth-order valence-electron chi connectivity index (χ4n) is 3.34. The van der Waals surface area contributed by atoms with Crippen molar-refractivity contribution in [1.82, 2.24) is 5.32 Å². The maximum absolute atomic E-state index is 13.1. The molecule has 30 heavy (non-hydrogen) atoms. The fraction of sp³-hybridized carbons (Fsp3) is 0.240. The first-order chi connectivity index (χ1) is 14.5. The van der Waals surface area contributed by atoms with Crippen molar-refractivity contribution in [3.8, 4) is 17.2 Å². The van der Waals surface area contributed by atoms with Crippen LogP contribution in [-0.2, 0) is 6.42 Å². The molecule has 1 atom stereocenters. The van der Waals surface area contributed by atoms with Gasteiger partial charge in [0.25, 0.3) is 5.91 Å². The standard InChI is InChI=1S/C25H27NO4/c1-17-15-22(30-4)13-14-23(17)25(27)26-24(19-7-11-21(29-3)12-8-19)16-18-5-9-20(28-2)10-6-18/h5-15,24H,16H2,1-4H3,(H,26,27). The first kappa shape index (κ1) is 21.2. The molecule has 1 unspecified atom stereocenters. The van der Waals surface area contributed by atoms with E-state index in [0.717, 1.165) is 33.9 Å². The SMILES string of the molecule is COc1ccc(CC(NC(=O)c2ccc(OC)cc2C)c2ccc(OC)cc2)cc1. The van der Waals surface area contributed by atoms with Crippen LogP contribution in [0.25, 0.3) is 0 Å². The van der Waals surface area contributed by atoms with Gasteiger partial charge in [0.1, 0.15) is 17.2 Å². The van der Waals surface area contributed by atoms with Crippen molar-refractivity contribution < 1.29 is 19.0 Å². The third-order valence-corrected chi connectivity index (χ3v) is 5.10. The molecule has 3 rings (SSSR count). The second-order valence-corrected chi connectivity index (χ2v) is 7.03. The number of hydrogen-bond donors (Lipinski definition) is 1. The summed E-state index contributed by atoms with van der Waals surface area (Å²) in [7, 11) is 4.90. The lowest BCUT2D eigenvalue weighted by atomic mass is 9.97. The maximum Gasteiger partial charge on any atom is 0.252 e. The highest BCUT2D eigenvalue weighted by atomic mass is 16.5. The number of benzene rings is 3. The molecular weight excluding hydrogens is 378 g/mol. The van der Waals surface area contributed by atoms with Gasteiger partial charge in [-0.25, -0.2) is 0 Å². The van der Waals surface area contributed by atoms with E-state index in [-0.39, 0.29) is 11.9 Å². The van der Waals surface area contributed by atoms with E-state index in [0.29, 0.717) is 12.0 Å². The molecule has 0 aliphatic carbocycles. The van der Waals surface area contributed by atoms with Crippen LogP contribution in [0, 0.1) is 6.92 Å². The second kappa shape index (κ2) is 9.83. The van der Waals surface area contributed by atoms with E-state index in [2.05, 4.69) is 5.32 Å². The van der Waals surface area contributed by atoms with E-state index < -0.39 is 0 Å². The smallest absolute Gasteiger partial charge is 0.252 e. The molecule has 0 aliphatic rings. The summed E-state index contributed by atoms with van der Waals surface area (Å²) < 4.78 is 15.8. The van der Waals surface area contributed by atoms with Crippen LogP contribution in [0.5, 0.6) is 17.2 Å². The van der Waals surface area contributed by atoms with Gasteiger partial charge in [-0.1, -0.05) is 24.3 Å². The summed E-state index contributed by atoms with van der Waals surface area (Å²) in [5, 5.41) is 3.19. The average molecular weight is 405 g/mol. The van der Waals surface area contributed by atoms with E-state index in [1.54, 1.807) is 33.5 Å². The Morgan fingerprint density at radius 3 is 1.87 bits per heavy atom. The molecule has 0 saturated carbocycles. The number of methoxy groups -OCH3 is 3. The number of carbonyl (C=O) groups excluding carboxylic acids is 1. The van der Waals surface area contributed by atoms with Crippen LogP contribution < -0.4 is 19.5 Å². The Hall–Kier alpha value is -3.47. The summed E-state index contributed by atoms with van der Waals surface area (Å²) in [6, 6.07) is 20.9. The lowest BCUT2D eigenvalue weighted by Crippen LogP contribution is -2.30. The van der Waals surface area contributed by atoms with Gasteiger partial charge in [-0.2, -0.15) is 0 Å². The molecule has 0 radical (unpaired) electrons. The van der Waals surface area contributed by atoms with Crippen LogP contribution in [0.2, 0.25) is 0 Å². The highest BCUT2D eigenvalue weighted by molar-refractivity contribution is 5.96. The third-order valence-electron chi connectivity index (χ3n) is 5.10. The Morgan fingerprint density at radius 2 is 1.33 bits per heavy atom. The highest BCUT2D eigenvalue weighted by Crippen LogP contribution is 2.24. The zero-order valence-corrected chi connectivity index (χ0v) is 17.8. The number of hydrogen-bond acceptors (Lipinski definition) is 4. The summed E-state index contributed by atoms with van der Waals surface area (Å²) in [6.07, 6.45) is 0.650. The Morgan fingerprint density at radius 1 is 0.800 bits per heavy atom. The van der Waals surface area contributed by atoms with E-state index in [9.17, 15) is 4.79 Å². The summed E-state index contributed by atoms with van der Waals surface area (Å²) >= 11 is 0. The molecule has 0 fully saturated rings. The number of ether oxygens (including phenoxy) is 3. The third kappa shape index (κ3) is 5.11. The predicted molar refractivity (Wildman–Crippen MR) is 118 cm³/mol. The van der Waals surface area contributed by atoms with Gasteiger partial charge in [-0.05, 0) is 72.5 Å². The zero-order chi connectivity index (χ0) is 21.5. The Balaban J connectivity index is 1.86. The number of nitrogens with one attached hydrogen (secondary N) is 1. The molecule has 0 saturated heterocycles. The predicted octanol–water partition coefficient (Wildman–Crippen LogP) is 4.73. The molecule has 5 heteroatoms. The molecule has 0 heterocycles. The van der Waals surface area contributed by atoms with Crippen LogP contribution in [0.1, 0.15) is 33.1 Å². The lowest BCUT2D eigenvalue weighted by molar-refractivity contribution is 0.0936. The first-order valence-electron chi connectivity index (χ1n) is 9.76. The number of rotatable bonds is 8. The Labute approximate surface area is 177 Å². The van der Waals surface area contributed by atoms with Gasteiger partial charge in [0.2, 0.25) is 0 Å². The minimum Gasteiger partial charge on any atom is -0.497 e. The number of aryl methyl sites for hydroxylation is 1. The lowest BCUT2D eigenvalue weighted by Gasteiger charge is -2.21. The minimum absolute atomic E-state index is 0.121. The number of amides is 1. The van der Waals surface area contributed by atoms with Gasteiger partial charge in [0.05, 0.1) is 27.4 Å². The van der Waals surface area contributed by atoms with Gasteiger partial charge in [-0.3, -0.25) is 4.79 Å². The average Bonchev–Trinajstić information content (AvgIpc) is 2.79. The quantitative estimate of drug-likeness (QED) is 0.588. The van der Waals surface area contributed by atoms with Crippen LogP contribution >= 0.6 is 0 Å². The van der Waals surface area contributed by atoms with Crippen LogP contribution in [0.4, 0.5) is 0 Å². The molecule has 3 aromatic carbocycles. The molecular formula is C25H27NO4. The summed E-state index contributed by atoms with van der Waals surface area (Å²) in [5.41, 5.74) is 3.60. The number of carbonyl (C=O) groups is 1. The summed E-state index contributed by atoms with van der Waals surface area (Å²) in [4.78, 5) is 13.1. The van der Waals surface area contributed by atoms with E-state index in [1.807, 2.05) is 61.5 Å². The van der Waals surface area contributed by atoms with Crippen LogP contribution in [-0.4, -0.2) is 27.2 Å². The monoisotopic (exact) mass is 405 g/mol. The van der Waals surface area contributed by atoms with Crippen molar-refractivity contribution in [3.63, 3.8) is 0 Å². The van der Waals surface area contributed by atoms with Crippen molar-refractivity contribution in [2.45, 2.75) is 19.4 Å². The highest BCUT2D eigenvalue weighted by Gasteiger charge is 2.18. The van der Waals surface area contributed by atoms with Crippen molar-refractivity contribution >= 4 is 5.91 Å².